The van der Waals surface area contributed by atoms with Crippen LogP contribution in [0.1, 0.15) is 30.1 Å². The van der Waals surface area contributed by atoms with Crippen molar-refractivity contribution in [3.8, 4) is 11.5 Å². The van der Waals surface area contributed by atoms with E-state index in [4.69, 9.17) is 14.2 Å². The molecule has 2 aromatic rings. The second-order valence-electron chi connectivity index (χ2n) is 6.77. The van der Waals surface area contributed by atoms with Crippen LogP contribution in [-0.4, -0.2) is 37.2 Å². The summed E-state index contributed by atoms with van der Waals surface area (Å²) in [5.74, 6) is -0.0216. The zero-order valence-electron chi connectivity index (χ0n) is 15.8. The third kappa shape index (κ3) is 3.87. The first kappa shape index (κ1) is 18.8. The monoisotopic (exact) mass is 396 g/mol. The molecule has 1 atom stereocenters. The standard InChI is InChI=1S/C21H20N2O6/c1-13(20(25)22-14-8-9-17-18(11-14)28-12-27-17)29-21(26)15-5-2-3-6-16(15)23-10-4-7-19(23)24/h2-3,5-6,8-9,11,13H,4,7,10,12H2,1H3,(H,22,25)/t13-/m0/s1. The summed E-state index contributed by atoms with van der Waals surface area (Å²) in [6.07, 6.45) is 0.170. The number of hydrogen-bond donors (Lipinski definition) is 1. The quantitative estimate of drug-likeness (QED) is 0.781. The first-order valence-electron chi connectivity index (χ1n) is 9.34. The Balaban J connectivity index is 1.43. The van der Waals surface area contributed by atoms with Gasteiger partial charge < -0.3 is 24.4 Å². The number of benzene rings is 2. The number of para-hydroxylation sites is 1. The molecule has 4 rings (SSSR count). The van der Waals surface area contributed by atoms with Gasteiger partial charge in [0.25, 0.3) is 5.91 Å². The Labute approximate surface area is 167 Å². The van der Waals surface area contributed by atoms with Crippen LogP contribution >= 0.6 is 0 Å². The molecule has 0 spiro atoms. The predicted octanol–water partition coefficient (Wildman–Crippen LogP) is 2.73. The van der Waals surface area contributed by atoms with Crippen LogP contribution in [0.2, 0.25) is 0 Å². The van der Waals surface area contributed by atoms with Crippen LogP contribution < -0.4 is 19.7 Å². The molecule has 0 radical (unpaired) electrons. The summed E-state index contributed by atoms with van der Waals surface area (Å²) < 4.78 is 15.9. The molecule has 8 nitrogen and oxygen atoms in total. The predicted molar refractivity (Wildman–Crippen MR) is 104 cm³/mol. The second kappa shape index (κ2) is 7.83. The first-order valence-corrected chi connectivity index (χ1v) is 9.34. The number of hydrogen-bond acceptors (Lipinski definition) is 6. The molecule has 1 N–H and O–H groups in total. The molecule has 0 unspecified atom stereocenters. The maximum Gasteiger partial charge on any atom is 0.341 e. The Hall–Kier alpha value is -3.55. The van der Waals surface area contributed by atoms with E-state index in [0.29, 0.717) is 35.8 Å². The number of nitrogens with zero attached hydrogens (tertiary/aromatic N) is 1. The van der Waals surface area contributed by atoms with Gasteiger partial charge in [0.1, 0.15) is 0 Å². The molecule has 2 heterocycles. The summed E-state index contributed by atoms with van der Waals surface area (Å²) in [5, 5.41) is 2.69. The number of esters is 1. The van der Waals surface area contributed by atoms with Crippen molar-refractivity contribution >= 4 is 29.2 Å². The summed E-state index contributed by atoms with van der Waals surface area (Å²) in [5.41, 5.74) is 1.26. The molecule has 1 saturated heterocycles. The highest BCUT2D eigenvalue weighted by molar-refractivity contribution is 6.04. The molecule has 2 aromatic carbocycles. The van der Waals surface area contributed by atoms with Gasteiger partial charge in [-0.25, -0.2) is 4.79 Å². The third-order valence-corrected chi connectivity index (χ3v) is 4.78. The smallest absolute Gasteiger partial charge is 0.341 e. The van der Waals surface area contributed by atoms with Gasteiger partial charge >= 0.3 is 5.97 Å². The average molecular weight is 396 g/mol. The van der Waals surface area contributed by atoms with E-state index in [0.717, 1.165) is 6.42 Å². The van der Waals surface area contributed by atoms with Crippen LogP contribution in [-0.2, 0) is 14.3 Å². The highest BCUT2D eigenvalue weighted by atomic mass is 16.7. The van der Waals surface area contributed by atoms with E-state index >= 15 is 0 Å². The normalized spacial score (nSPS) is 15.9. The molecule has 150 valence electrons. The lowest BCUT2D eigenvalue weighted by molar-refractivity contribution is -0.123. The van der Waals surface area contributed by atoms with Crippen molar-refractivity contribution in [1.82, 2.24) is 0 Å². The number of amides is 2. The largest absolute Gasteiger partial charge is 0.454 e. The number of rotatable bonds is 5. The molecule has 0 aliphatic carbocycles. The fourth-order valence-corrected chi connectivity index (χ4v) is 3.28. The number of ether oxygens (including phenoxy) is 3. The molecule has 2 amide bonds. The second-order valence-corrected chi connectivity index (χ2v) is 6.77. The van der Waals surface area contributed by atoms with E-state index in [-0.39, 0.29) is 18.3 Å². The van der Waals surface area contributed by atoms with Crippen LogP contribution in [0.4, 0.5) is 11.4 Å². The van der Waals surface area contributed by atoms with Crippen LogP contribution in [0.3, 0.4) is 0 Å². The molecule has 29 heavy (non-hydrogen) atoms. The molecular formula is C21H20N2O6. The lowest BCUT2D eigenvalue weighted by Gasteiger charge is -2.20. The molecule has 8 heteroatoms. The van der Waals surface area contributed by atoms with Gasteiger partial charge in [0.05, 0.1) is 11.3 Å². The maximum absolute atomic E-state index is 12.7. The minimum Gasteiger partial charge on any atom is -0.454 e. The van der Waals surface area contributed by atoms with Crippen LogP contribution in [0.25, 0.3) is 0 Å². The van der Waals surface area contributed by atoms with E-state index in [1.54, 1.807) is 47.4 Å². The van der Waals surface area contributed by atoms with Gasteiger partial charge in [0.2, 0.25) is 12.7 Å². The summed E-state index contributed by atoms with van der Waals surface area (Å²) in [7, 11) is 0. The lowest BCUT2D eigenvalue weighted by atomic mass is 10.1. The molecule has 1 fully saturated rings. The Morgan fingerprint density at radius 2 is 1.93 bits per heavy atom. The van der Waals surface area contributed by atoms with Gasteiger partial charge in [-0.05, 0) is 37.6 Å². The van der Waals surface area contributed by atoms with Crippen LogP contribution in [0, 0.1) is 0 Å². The van der Waals surface area contributed by atoms with Gasteiger partial charge in [-0.3, -0.25) is 9.59 Å². The number of fused-ring (bicyclic) bond motifs is 1. The third-order valence-electron chi connectivity index (χ3n) is 4.78. The van der Waals surface area contributed by atoms with Crippen LogP contribution in [0.5, 0.6) is 11.5 Å². The highest BCUT2D eigenvalue weighted by Crippen LogP contribution is 2.34. The number of nitrogens with one attached hydrogen (secondary N) is 1. The molecule has 2 aliphatic rings. The van der Waals surface area contributed by atoms with Crippen molar-refractivity contribution < 1.29 is 28.6 Å². The van der Waals surface area contributed by atoms with E-state index in [1.165, 1.54) is 6.92 Å². The number of carbonyl (C=O) groups excluding carboxylic acids is 3. The summed E-state index contributed by atoms with van der Waals surface area (Å²) >= 11 is 0. The minimum atomic E-state index is -1.03. The Bertz CT molecular complexity index is 973. The van der Waals surface area contributed by atoms with Gasteiger partial charge in [-0.15, -0.1) is 0 Å². The number of carbonyl (C=O) groups is 3. The zero-order chi connectivity index (χ0) is 20.4. The van der Waals surface area contributed by atoms with E-state index in [9.17, 15) is 14.4 Å². The average Bonchev–Trinajstić information content (AvgIpc) is 3.36. The molecule has 0 bridgehead atoms. The Kier molecular flexibility index (Phi) is 5.07. The Morgan fingerprint density at radius 1 is 1.14 bits per heavy atom. The minimum absolute atomic E-state index is 0.0288. The summed E-state index contributed by atoms with van der Waals surface area (Å²) in [6.45, 7) is 2.19. The van der Waals surface area contributed by atoms with Crippen molar-refractivity contribution in [3.05, 3.63) is 48.0 Å². The summed E-state index contributed by atoms with van der Waals surface area (Å²) in [4.78, 5) is 38.8. The number of anilines is 2. The molecule has 0 saturated carbocycles. The van der Waals surface area contributed by atoms with E-state index in [1.807, 2.05) is 0 Å². The fraction of sp³-hybridized carbons (Fsp3) is 0.286. The highest BCUT2D eigenvalue weighted by Gasteiger charge is 2.28. The van der Waals surface area contributed by atoms with E-state index in [2.05, 4.69) is 5.32 Å². The van der Waals surface area contributed by atoms with Crippen molar-refractivity contribution in [3.63, 3.8) is 0 Å². The Morgan fingerprint density at radius 3 is 2.72 bits per heavy atom. The van der Waals surface area contributed by atoms with Crippen molar-refractivity contribution in [1.29, 1.82) is 0 Å². The molecule has 0 aromatic heterocycles. The molecular weight excluding hydrogens is 376 g/mol. The van der Waals surface area contributed by atoms with Gasteiger partial charge in [0.15, 0.2) is 17.6 Å². The van der Waals surface area contributed by atoms with Gasteiger partial charge in [-0.1, -0.05) is 12.1 Å². The van der Waals surface area contributed by atoms with Gasteiger partial charge in [0, 0.05) is 24.7 Å². The van der Waals surface area contributed by atoms with Crippen LogP contribution in [0.15, 0.2) is 42.5 Å². The van der Waals surface area contributed by atoms with Crippen molar-refractivity contribution in [2.24, 2.45) is 0 Å². The first-order chi connectivity index (χ1) is 14.0. The van der Waals surface area contributed by atoms with Crippen molar-refractivity contribution in [2.45, 2.75) is 25.9 Å². The zero-order valence-corrected chi connectivity index (χ0v) is 15.8. The lowest BCUT2D eigenvalue weighted by Crippen LogP contribution is -2.31. The van der Waals surface area contributed by atoms with E-state index < -0.39 is 18.0 Å². The fourth-order valence-electron chi connectivity index (χ4n) is 3.28. The summed E-state index contributed by atoms with van der Waals surface area (Å²) in [6, 6.07) is 11.8. The SMILES string of the molecule is C[C@H](OC(=O)c1ccccc1N1CCCC1=O)C(=O)Nc1ccc2c(c1)OCO2. The van der Waals surface area contributed by atoms with Gasteiger partial charge in [-0.2, -0.15) is 0 Å². The van der Waals surface area contributed by atoms with Crippen molar-refractivity contribution in [2.75, 3.05) is 23.6 Å². The maximum atomic E-state index is 12.7. The topological polar surface area (TPSA) is 94.2 Å². The molecule has 2 aliphatic heterocycles.